The quantitative estimate of drug-likeness (QED) is 0.248. The SMILES string of the molecule is Cn1cc(C2=C(c3c4n(c5ccccc35)CCC(N(C=O)OC(C)(C)C)C4)C(=O)NC2=O)c2ccccc21. The number of aromatic nitrogens is 2. The molecule has 0 spiro atoms. The van der Waals surface area contributed by atoms with Gasteiger partial charge in [-0.15, -0.1) is 0 Å². The molecule has 1 N–H and O–H groups in total. The molecule has 0 fully saturated rings. The first-order valence-electron chi connectivity index (χ1n) is 12.9. The van der Waals surface area contributed by atoms with Crippen LogP contribution in [0.4, 0.5) is 0 Å². The van der Waals surface area contributed by atoms with Crippen LogP contribution in [0.1, 0.15) is 44.0 Å². The number of para-hydroxylation sites is 2. The molecule has 3 amide bonds. The number of nitrogens with one attached hydrogen (secondary N) is 1. The van der Waals surface area contributed by atoms with Gasteiger partial charge >= 0.3 is 0 Å². The summed E-state index contributed by atoms with van der Waals surface area (Å²) in [5.74, 6) is -0.805. The van der Waals surface area contributed by atoms with Crippen LogP contribution >= 0.6 is 0 Å². The number of amides is 3. The maximum absolute atomic E-state index is 13.5. The molecule has 1 atom stereocenters. The second-order valence-corrected chi connectivity index (χ2v) is 11.0. The Bertz CT molecular complexity index is 1670. The van der Waals surface area contributed by atoms with Gasteiger partial charge < -0.3 is 9.13 Å². The number of rotatable bonds is 5. The highest BCUT2D eigenvalue weighted by molar-refractivity contribution is 6.51. The van der Waals surface area contributed by atoms with E-state index in [0.29, 0.717) is 30.5 Å². The Labute approximate surface area is 220 Å². The minimum Gasteiger partial charge on any atom is -0.350 e. The van der Waals surface area contributed by atoms with E-state index in [4.69, 9.17) is 4.84 Å². The lowest BCUT2D eigenvalue weighted by molar-refractivity contribution is -0.234. The molecule has 2 aromatic carbocycles. The summed E-state index contributed by atoms with van der Waals surface area (Å²) in [6.45, 7) is 6.38. The molecule has 8 nitrogen and oxygen atoms in total. The highest BCUT2D eigenvalue weighted by atomic mass is 16.7. The fourth-order valence-electron chi connectivity index (χ4n) is 5.91. The van der Waals surface area contributed by atoms with E-state index in [-0.39, 0.29) is 6.04 Å². The molecule has 6 rings (SSSR count). The lowest BCUT2D eigenvalue weighted by atomic mass is 9.91. The number of hydrogen-bond donors (Lipinski definition) is 1. The van der Waals surface area contributed by atoms with Crippen molar-refractivity contribution in [3.05, 3.63) is 71.5 Å². The number of imide groups is 1. The Kier molecular flexibility index (Phi) is 5.54. The van der Waals surface area contributed by atoms with Crippen molar-refractivity contribution in [1.29, 1.82) is 0 Å². The minimum atomic E-state index is -0.532. The summed E-state index contributed by atoms with van der Waals surface area (Å²) in [7, 11) is 1.93. The molecule has 0 radical (unpaired) electrons. The molecule has 4 heterocycles. The van der Waals surface area contributed by atoms with Crippen LogP contribution in [0.2, 0.25) is 0 Å². The molecular weight excluding hydrogens is 480 g/mol. The van der Waals surface area contributed by atoms with Crippen molar-refractivity contribution >= 4 is 51.2 Å². The second kappa shape index (κ2) is 8.70. The highest BCUT2D eigenvalue weighted by Gasteiger charge is 2.39. The zero-order valence-electron chi connectivity index (χ0n) is 21.9. The van der Waals surface area contributed by atoms with Gasteiger partial charge in [-0.05, 0) is 39.3 Å². The summed E-state index contributed by atoms with van der Waals surface area (Å²) in [5, 5.41) is 5.79. The van der Waals surface area contributed by atoms with Gasteiger partial charge in [-0.2, -0.15) is 0 Å². The van der Waals surface area contributed by atoms with Crippen molar-refractivity contribution < 1.29 is 19.2 Å². The van der Waals surface area contributed by atoms with Gasteiger partial charge in [-0.1, -0.05) is 36.4 Å². The molecule has 2 aliphatic heterocycles. The van der Waals surface area contributed by atoms with Gasteiger partial charge in [0.15, 0.2) is 0 Å². The normalized spacial score (nSPS) is 17.8. The summed E-state index contributed by atoms with van der Waals surface area (Å²) in [6.07, 6.45) is 3.85. The first-order chi connectivity index (χ1) is 18.2. The molecule has 38 heavy (non-hydrogen) atoms. The molecule has 2 aromatic heterocycles. The summed E-state index contributed by atoms with van der Waals surface area (Å²) < 4.78 is 4.19. The number of nitrogens with zero attached hydrogens (tertiary/aromatic N) is 3. The first kappa shape index (κ1) is 24.2. The zero-order valence-corrected chi connectivity index (χ0v) is 21.9. The Morgan fingerprint density at radius 3 is 2.34 bits per heavy atom. The van der Waals surface area contributed by atoms with Crippen LogP contribution in [0.25, 0.3) is 33.0 Å². The summed E-state index contributed by atoms with van der Waals surface area (Å²) in [4.78, 5) is 44.9. The standard InChI is InChI=1S/C30H30N4O4/c1-30(2,3)38-34(17-35)18-13-14-33-23-12-8-6-10-20(23)25(24(33)15-18)27-26(28(36)31-29(27)37)21-16-32(4)22-11-7-5-9-19(21)22/h5-12,16-18H,13-15H2,1-4H3,(H,31,36,37). The van der Waals surface area contributed by atoms with E-state index in [1.807, 2.05) is 87.1 Å². The van der Waals surface area contributed by atoms with Crippen molar-refractivity contribution in [2.75, 3.05) is 0 Å². The van der Waals surface area contributed by atoms with Crippen LogP contribution in [0.15, 0.2) is 54.7 Å². The number of hydroxylamine groups is 2. The van der Waals surface area contributed by atoms with Crippen molar-refractivity contribution in [2.45, 2.75) is 51.8 Å². The van der Waals surface area contributed by atoms with Gasteiger partial charge in [0.05, 0.1) is 22.8 Å². The van der Waals surface area contributed by atoms with Crippen LogP contribution in [-0.2, 0) is 39.2 Å². The zero-order chi connectivity index (χ0) is 26.8. The summed E-state index contributed by atoms with van der Waals surface area (Å²) >= 11 is 0. The second-order valence-electron chi connectivity index (χ2n) is 11.0. The smallest absolute Gasteiger partial charge is 0.259 e. The average Bonchev–Trinajstić information content (AvgIpc) is 3.49. The number of carbonyl (C=O) groups excluding carboxylic acids is 3. The number of aryl methyl sites for hydroxylation is 2. The first-order valence-corrected chi connectivity index (χ1v) is 12.9. The fraction of sp³-hybridized carbons (Fsp3) is 0.300. The topological polar surface area (TPSA) is 85.6 Å². The molecule has 2 aliphatic rings. The van der Waals surface area contributed by atoms with E-state index in [2.05, 4.69) is 9.88 Å². The third-order valence-electron chi connectivity index (χ3n) is 7.38. The van der Waals surface area contributed by atoms with Crippen LogP contribution in [0.3, 0.4) is 0 Å². The third kappa shape index (κ3) is 3.75. The molecule has 4 aromatic rings. The van der Waals surface area contributed by atoms with E-state index >= 15 is 0 Å². The molecule has 0 aliphatic carbocycles. The van der Waals surface area contributed by atoms with E-state index in [1.165, 1.54) is 5.06 Å². The van der Waals surface area contributed by atoms with Gasteiger partial charge in [-0.3, -0.25) is 24.5 Å². The van der Waals surface area contributed by atoms with Crippen LogP contribution in [0.5, 0.6) is 0 Å². The summed E-state index contributed by atoms with van der Waals surface area (Å²) in [5.41, 5.74) is 4.60. The average molecular weight is 511 g/mol. The lowest BCUT2D eigenvalue weighted by Gasteiger charge is -2.36. The largest absolute Gasteiger partial charge is 0.350 e. The Morgan fingerprint density at radius 1 is 0.974 bits per heavy atom. The van der Waals surface area contributed by atoms with E-state index in [0.717, 1.165) is 45.0 Å². The molecule has 194 valence electrons. The summed E-state index contributed by atoms with van der Waals surface area (Å²) in [6, 6.07) is 15.6. The third-order valence-corrected chi connectivity index (χ3v) is 7.38. The Hall–Kier alpha value is -4.17. The Balaban J connectivity index is 1.59. The molecule has 8 heteroatoms. The van der Waals surface area contributed by atoms with Gasteiger partial charge in [0, 0.05) is 64.8 Å². The minimum absolute atomic E-state index is 0.205. The van der Waals surface area contributed by atoms with E-state index < -0.39 is 17.4 Å². The molecule has 0 saturated heterocycles. The van der Waals surface area contributed by atoms with Gasteiger partial charge in [-0.25, -0.2) is 5.06 Å². The van der Waals surface area contributed by atoms with Crippen LogP contribution in [-0.4, -0.2) is 44.1 Å². The molecule has 1 unspecified atom stereocenters. The number of benzene rings is 2. The molecule has 0 bridgehead atoms. The van der Waals surface area contributed by atoms with Crippen molar-refractivity contribution in [1.82, 2.24) is 19.5 Å². The fourth-order valence-corrected chi connectivity index (χ4v) is 5.91. The molecule has 0 saturated carbocycles. The lowest BCUT2D eigenvalue weighted by Crippen LogP contribution is -2.44. The Morgan fingerprint density at radius 2 is 1.63 bits per heavy atom. The number of hydrogen-bond acceptors (Lipinski definition) is 4. The monoisotopic (exact) mass is 510 g/mol. The van der Waals surface area contributed by atoms with Crippen molar-refractivity contribution in [3.8, 4) is 0 Å². The number of fused-ring (bicyclic) bond motifs is 4. The predicted octanol–water partition coefficient (Wildman–Crippen LogP) is 4.20. The molecular formula is C30H30N4O4. The van der Waals surface area contributed by atoms with Gasteiger partial charge in [0.1, 0.15) is 0 Å². The van der Waals surface area contributed by atoms with Crippen molar-refractivity contribution in [3.63, 3.8) is 0 Å². The highest BCUT2D eigenvalue weighted by Crippen LogP contribution is 2.42. The van der Waals surface area contributed by atoms with E-state index in [1.54, 1.807) is 0 Å². The van der Waals surface area contributed by atoms with E-state index in [9.17, 15) is 14.4 Å². The van der Waals surface area contributed by atoms with Gasteiger partial charge in [0.25, 0.3) is 11.8 Å². The van der Waals surface area contributed by atoms with Gasteiger partial charge in [0.2, 0.25) is 6.41 Å². The van der Waals surface area contributed by atoms with Crippen LogP contribution < -0.4 is 5.32 Å². The predicted molar refractivity (Wildman–Crippen MR) is 146 cm³/mol. The van der Waals surface area contributed by atoms with Crippen LogP contribution in [0, 0.1) is 0 Å². The maximum atomic E-state index is 13.5. The van der Waals surface area contributed by atoms with Crippen molar-refractivity contribution in [2.24, 2.45) is 7.05 Å². The maximum Gasteiger partial charge on any atom is 0.259 e. The number of carbonyl (C=O) groups is 3.